The van der Waals surface area contributed by atoms with Gasteiger partial charge in [-0.15, -0.1) is 0 Å². The molecule has 0 saturated heterocycles. The van der Waals surface area contributed by atoms with E-state index in [2.05, 4.69) is 12.6 Å². The number of aliphatic hydroxyl groups is 2. The highest BCUT2D eigenvalue weighted by Gasteiger charge is 2.42. The number of benzene rings is 2. The van der Waals surface area contributed by atoms with Crippen LogP contribution in [0.25, 0.3) is 0 Å². The van der Waals surface area contributed by atoms with E-state index in [0.29, 0.717) is 16.9 Å². The summed E-state index contributed by atoms with van der Waals surface area (Å²) in [5, 5.41) is 31.9. The number of hydrogen-bond acceptors (Lipinski definition) is 7. The molecule has 0 radical (unpaired) electrons. The smallest absolute Gasteiger partial charge is 0.272 e. The van der Waals surface area contributed by atoms with Crippen molar-refractivity contribution in [1.29, 1.82) is 0 Å². The van der Waals surface area contributed by atoms with Crippen LogP contribution < -0.4 is 0 Å². The van der Waals surface area contributed by atoms with Crippen molar-refractivity contribution in [2.75, 3.05) is 5.75 Å². The first kappa shape index (κ1) is 23.0. The Labute approximate surface area is 185 Å². The molecule has 2 aromatic rings. The maximum atomic E-state index is 12.8. The van der Waals surface area contributed by atoms with Crippen LogP contribution >= 0.6 is 12.6 Å². The molecule has 3 rings (SSSR count). The number of nitro benzene ring substituents is 1. The summed E-state index contributed by atoms with van der Waals surface area (Å²) in [5.41, 5.74) is -0.148. The van der Waals surface area contributed by atoms with Crippen molar-refractivity contribution in [1.82, 2.24) is 0 Å². The third kappa shape index (κ3) is 4.98. The lowest BCUT2D eigenvalue weighted by atomic mass is 9.87. The highest BCUT2D eigenvalue weighted by Crippen LogP contribution is 2.41. The van der Waals surface area contributed by atoms with Gasteiger partial charge in [-0.3, -0.25) is 14.9 Å². The fourth-order valence-corrected chi connectivity index (χ4v) is 4.06. The van der Waals surface area contributed by atoms with Crippen molar-refractivity contribution >= 4 is 24.1 Å². The molecule has 0 aromatic heterocycles. The molecule has 0 spiro atoms. The molecule has 7 nitrogen and oxygen atoms in total. The van der Waals surface area contributed by atoms with Crippen LogP contribution in [-0.4, -0.2) is 38.9 Å². The molecule has 0 saturated carbocycles. The fourth-order valence-electron chi connectivity index (χ4n) is 3.82. The maximum Gasteiger partial charge on any atom is 0.272 e. The number of ether oxygens (including phenoxy) is 1. The topological polar surface area (TPSA) is 110 Å². The molecule has 0 fully saturated rings. The van der Waals surface area contributed by atoms with Crippen molar-refractivity contribution in [2.24, 2.45) is 0 Å². The van der Waals surface area contributed by atoms with Gasteiger partial charge in [-0.2, -0.15) is 12.6 Å². The van der Waals surface area contributed by atoms with E-state index in [1.807, 2.05) is 18.2 Å². The molecule has 1 heterocycles. The minimum atomic E-state index is -1.17. The van der Waals surface area contributed by atoms with Gasteiger partial charge in [0.25, 0.3) is 5.69 Å². The molecular formula is C23H25NO6S. The number of carbonyl (C=O) groups excluding carboxylic acids is 1. The molecule has 2 N–H and O–H groups in total. The SMILES string of the molecule is CC1(c2ccccc2)OC(CC(C[C@H](O)[C@H](O)CS)c2ccccc2[N+](=O)[O-])=CC1=O. The van der Waals surface area contributed by atoms with Crippen LogP contribution in [0.3, 0.4) is 0 Å². The summed E-state index contributed by atoms with van der Waals surface area (Å²) in [6.07, 6.45) is -0.599. The predicted octanol–water partition coefficient (Wildman–Crippen LogP) is 3.51. The van der Waals surface area contributed by atoms with Gasteiger partial charge < -0.3 is 14.9 Å². The average molecular weight is 444 g/mol. The number of para-hydroxylation sites is 1. The van der Waals surface area contributed by atoms with Gasteiger partial charge in [0.15, 0.2) is 5.60 Å². The summed E-state index contributed by atoms with van der Waals surface area (Å²) in [6.45, 7) is 1.69. The highest BCUT2D eigenvalue weighted by molar-refractivity contribution is 7.80. The van der Waals surface area contributed by atoms with Crippen LogP contribution in [0.4, 0.5) is 5.69 Å². The molecule has 0 amide bonds. The molecule has 31 heavy (non-hydrogen) atoms. The van der Waals surface area contributed by atoms with Crippen molar-refractivity contribution < 1.29 is 24.7 Å². The van der Waals surface area contributed by atoms with Gasteiger partial charge in [0.1, 0.15) is 5.76 Å². The largest absolute Gasteiger partial charge is 0.479 e. The second kappa shape index (κ2) is 9.64. The highest BCUT2D eigenvalue weighted by atomic mass is 32.1. The van der Waals surface area contributed by atoms with Crippen LogP contribution in [0.1, 0.15) is 36.8 Å². The fraction of sp³-hybridized carbons (Fsp3) is 0.348. The summed E-state index contributed by atoms with van der Waals surface area (Å²) in [5.74, 6) is -0.338. The van der Waals surface area contributed by atoms with Crippen LogP contribution in [0.15, 0.2) is 66.4 Å². The summed E-state index contributed by atoms with van der Waals surface area (Å²) < 4.78 is 6.05. The van der Waals surface area contributed by atoms with Crippen LogP contribution in [0.2, 0.25) is 0 Å². The number of allylic oxidation sites excluding steroid dienone is 1. The number of nitro groups is 1. The molecule has 1 aliphatic heterocycles. The second-order valence-electron chi connectivity index (χ2n) is 7.75. The van der Waals surface area contributed by atoms with Crippen molar-refractivity contribution in [3.8, 4) is 0 Å². The van der Waals surface area contributed by atoms with E-state index >= 15 is 0 Å². The number of thiol groups is 1. The molecule has 1 aliphatic rings. The zero-order valence-corrected chi connectivity index (χ0v) is 17.9. The zero-order chi connectivity index (χ0) is 22.6. The lowest BCUT2D eigenvalue weighted by Gasteiger charge is -2.27. The number of nitrogens with zero attached hydrogens (tertiary/aromatic N) is 1. The van der Waals surface area contributed by atoms with E-state index in [1.54, 1.807) is 37.3 Å². The van der Waals surface area contributed by atoms with Gasteiger partial charge in [-0.05, 0) is 13.3 Å². The second-order valence-corrected chi connectivity index (χ2v) is 8.11. The molecule has 0 aliphatic carbocycles. The summed E-state index contributed by atoms with van der Waals surface area (Å²) in [4.78, 5) is 23.8. The average Bonchev–Trinajstić information content (AvgIpc) is 3.07. The van der Waals surface area contributed by atoms with Crippen molar-refractivity contribution in [2.45, 2.75) is 43.5 Å². The summed E-state index contributed by atoms with van der Waals surface area (Å²) in [7, 11) is 0. The van der Waals surface area contributed by atoms with Gasteiger partial charge in [-0.25, -0.2) is 0 Å². The number of carbonyl (C=O) groups is 1. The van der Waals surface area contributed by atoms with E-state index in [4.69, 9.17) is 4.74 Å². The van der Waals surface area contributed by atoms with Crippen LogP contribution in [0, 0.1) is 10.1 Å². The summed E-state index contributed by atoms with van der Waals surface area (Å²) >= 11 is 4.01. The van der Waals surface area contributed by atoms with Gasteiger partial charge in [0.05, 0.1) is 17.1 Å². The quantitative estimate of drug-likeness (QED) is 0.311. The molecule has 8 heteroatoms. The molecule has 4 atom stereocenters. The van der Waals surface area contributed by atoms with Crippen LogP contribution in [-0.2, 0) is 15.1 Å². The minimum absolute atomic E-state index is 0.0452. The lowest BCUT2D eigenvalue weighted by molar-refractivity contribution is -0.385. The van der Waals surface area contributed by atoms with Gasteiger partial charge in [0.2, 0.25) is 5.78 Å². The first-order valence-corrected chi connectivity index (χ1v) is 10.6. The van der Waals surface area contributed by atoms with Crippen molar-refractivity contribution in [3.63, 3.8) is 0 Å². The Kier molecular flexibility index (Phi) is 7.15. The number of ketones is 1. The normalized spacial score (nSPS) is 21.2. The lowest BCUT2D eigenvalue weighted by Crippen LogP contribution is -2.30. The number of rotatable bonds is 9. The van der Waals surface area contributed by atoms with Gasteiger partial charge >= 0.3 is 0 Å². The third-order valence-corrected chi connectivity index (χ3v) is 5.97. The van der Waals surface area contributed by atoms with E-state index in [1.165, 1.54) is 12.1 Å². The predicted molar refractivity (Wildman–Crippen MR) is 119 cm³/mol. The summed E-state index contributed by atoms with van der Waals surface area (Å²) in [6, 6.07) is 15.4. The zero-order valence-electron chi connectivity index (χ0n) is 17.0. The monoisotopic (exact) mass is 443 g/mol. The number of aliphatic hydroxyl groups excluding tert-OH is 2. The Balaban J connectivity index is 1.90. The van der Waals surface area contributed by atoms with E-state index < -0.39 is 28.7 Å². The first-order valence-electron chi connectivity index (χ1n) is 9.96. The molecular weight excluding hydrogens is 418 g/mol. The van der Waals surface area contributed by atoms with Gasteiger partial charge in [-0.1, -0.05) is 48.5 Å². The first-order chi connectivity index (χ1) is 14.8. The van der Waals surface area contributed by atoms with Crippen molar-refractivity contribution in [3.05, 3.63) is 87.7 Å². The minimum Gasteiger partial charge on any atom is -0.479 e. The Hall–Kier alpha value is -2.68. The standard InChI is InChI=1S/C23H25NO6S/c1-23(16-7-3-2-4-8-16)22(27)13-17(30-23)11-15(12-20(25)21(26)14-31)18-9-5-6-10-19(18)24(28)29/h2-10,13,15,20-21,25-26,31H,11-12,14H2,1H3/t15?,20-,21+,23?/m0/s1. The van der Waals surface area contributed by atoms with E-state index in [-0.39, 0.29) is 30.1 Å². The Morgan fingerprint density at radius 2 is 1.74 bits per heavy atom. The van der Waals surface area contributed by atoms with Crippen LogP contribution in [0.5, 0.6) is 0 Å². The Morgan fingerprint density at radius 1 is 1.10 bits per heavy atom. The maximum absolute atomic E-state index is 12.8. The molecule has 2 aromatic carbocycles. The van der Waals surface area contributed by atoms with E-state index in [0.717, 1.165) is 0 Å². The van der Waals surface area contributed by atoms with E-state index in [9.17, 15) is 25.1 Å². The number of hydrogen-bond donors (Lipinski definition) is 3. The molecule has 2 unspecified atom stereocenters. The Morgan fingerprint density at radius 3 is 2.39 bits per heavy atom. The Bertz CT molecular complexity index is 979. The molecule has 164 valence electrons. The molecule has 0 bridgehead atoms. The third-order valence-electron chi connectivity index (χ3n) is 5.60. The van der Waals surface area contributed by atoms with Gasteiger partial charge in [0, 0.05) is 41.4 Å².